The van der Waals surface area contributed by atoms with E-state index in [1.807, 2.05) is 0 Å². The van der Waals surface area contributed by atoms with Gasteiger partial charge in [0.15, 0.2) is 0 Å². The maximum absolute atomic E-state index is 14.5. The van der Waals surface area contributed by atoms with E-state index < -0.39 is 59.3 Å². The highest BCUT2D eigenvalue weighted by Gasteiger charge is 2.93. The first-order valence-corrected chi connectivity index (χ1v) is 10.3. The van der Waals surface area contributed by atoms with Gasteiger partial charge in [-0.1, -0.05) is 26.0 Å². The van der Waals surface area contributed by atoms with Crippen LogP contribution < -0.4 is 4.74 Å². The highest BCUT2D eigenvalue weighted by atomic mass is 19.4. The van der Waals surface area contributed by atoms with Gasteiger partial charge in [0.1, 0.15) is 5.75 Å². The van der Waals surface area contributed by atoms with E-state index in [0.29, 0.717) is 14.0 Å². The maximum Gasteiger partial charge on any atom is 0.460 e. The van der Waals surface area contributed by atoms with Crippen LogP contribution in [0.3, 0.4) is 0 Å². The highest BCUT2D eigenvalue weighted by molar-refractivity contribution is 5.33. The molecule has 0 radical (unpaired) electrons. The van der Waals surface area contributed by atoms with E-state index in [2.05, 4.69) is 4.74 Å². The van der Waals surface area contributed by atoms with Crippen molar-refractivity contribution in [1.82, 2.24) is 0 Å². The molecule has 0 amide bonds. The van der Waals surface area contributed by atoms with Crippen LogP contribution in [0.1, 0.15) is 32.8 Å². The molecule has 0 aliphatic heterocycles. The van der Waals surface area contributed by atoms with Crippen molar-refractivity contribution in [2.45, 2.75) is 74.5 Å². The molecule has 1 unspecified atom stereocenters. The number of benzene rings is 1. The predicted molar refractivity (Wildman–Crippen MR) is 101 cm³/mol. The summed E-state index contributed by atoms with van der Waals surface area (Å²) in [5.74, 6) is -47.0. The minimum Gasteiger partial charge on any atom is -0.493 e. The zero-order valence-corrected chi connectivity index (χ0v) is 19.8. The first-order chi connectivity index (χ1) is 16.7. The van der Waals surface area contributed by atoms with Gasteiger partial charge in [-0.3, -0.25) is 0 Å². The molecule has 2 nitrogen and oxygen atoms in total. The van der Waals surface area contributed by atoms with Crippen molar-refractivity contribution in [3.05, 3.63) is 29.8 Å². The van der Waals surface area contributed by atoms with Crippen LogP contribution in [0, 0.1) is 5.92 Å². The van der Waals surface area contributed by atoms with Crippen LogP contribution in [0.25, 0.3) is 0 Å². The average Bonchev–Trinajstić information content (AvgIpc) is 2.76. The molecule has 17 heteroatoms. The largest absolute Gasteiger partial charge is 0.493 e. The molecule has 0 aromatic heterocycles. The third-order valence-electron chi connectivity index (χ3n) is 5.43. The molecule has 0 bridgehead atoms. The second-order valence-electron chi connectivity index (χ2n) is 8.92. The molecule has 0 saturated heterocycles. The van der Waals surface area contributed by atoms with Crippen molar-refractivity contribution in [1.29, 1.82) is 0 Å². The Morgan fingerprint density at radius 1 is 0.684 bits per heavy atom. The minimum atomic E-state index is -8.33. The lowest BCUT2D eigenvalue weighted by molar-refractivity contribution is -0.453. The fourth-order valence-electron chi connectivity index (χ4n) is 3.00. The van der Waals surface area contributed by atoms with Gasteiger partial charge in [0.2, 0.25) is 0 Å². The standard InChI is InChI=1S/C21H21F15O2/c1-11(2)9-38-13-7-5-6-12(8-13)14(3,37-4)10-15(22,23)16(24,25)17(26,27)18(28,29)19(30,31)20(32,33)21(34,35)36/h5-8,11H,9-10H2,1-4H3. The third-order valence-corrected chi connectivity index (χ3v) is 5.43. The summed E-state index contributed by atoms with van der Waals surface area (Å²) in [4.78, 5) is 0. The van der Waals surface area contributed by atoms with Gasteiger partial charge >= 0.3 is 41.7 Å². The second-order valence-corrected chi connectivity index (χ2v) is 8.92. The number of rotatable bonds is 12. The summed E-state index contributed by atoms with van der Waals surface area (Å²) < 4.78 is 212. The monoisotopic (exact) mass is 590 g/mol. The lowest BCUT2D eigenvalue weighted by atomic mass is 9.83. The molecular weight excluding hydrogens is 569 g/mol. The average molecular weight is 590 g/mol. The molecule has 0 N–H and O–H groups in total. The molecule has 0 aliphatic rings. The Bertz CT molecular complexity index is 956. The molecule has 0 aliphatic carbocycles. The molecular formula is C21H21F15O2. The van der Waals surface area contributed by atoms with Crippen LogP contribution in [0.2, 0.25) is 0 Å². The lowest BCUT2D eigenvalue weighted by Crippen LogP contribution is -2.72. The van der Waals surface area contributed by atoms with E-state index >= 15 is 0 Å². The molecule has 222 valence electrons. The number of methoxy groups -OCH3 is 1. The van der Waals surface area contributed by atoms with Crippen LogP contribution >= 0.6 is 0 Å². The van der Waals surface area contributed by atoms with Gasteiger partial charge in [0.25, 0.3) is 0 Å². The Balaban J connectivity index is 3.55. The second kappa shape index (κ2) is 10.2. The van der Waals surface area contributed by atoms with Gasteiger partial charge in [-0.05, 0) is 30.5 Å². The summed E-state index contributed by atoms with van der Waals surface area (Å²) in [6, 6.07) is 4.23. The summed E-state index contributed by atoms with van der Waals surface area (Å²) in [5, 5.41) is 0. The molecule has 1 aromatic carbocycles. The number of halogens is 15. The van der Waals surface area contributed by atoms with Crippen LogP contribution in [0.4, 0.5) is 65.9 Å². The van der Waals surface area contributed by atoms with Crippen LogP contribution in [0.15, 0.2) is 24.3 Å². The van der Waals surface area contributed by atoms with E-state index in [-0.39, 0.29) is 18.3 Å². The Kier molecular flexibility index (Phi) is 9.07. The van der Waals surface area contributed by atoms with Crippen molar-refractivity contribution < 1.29 is 75.3 Å². The quantitative estimate of drug-likeness (QED) is 0.228. The Labute approximate surface area is 206 Å². The number of hydrogen-bond acceptors (Lipinski definition) is 2. The van der Waals surface area contributed by atoms with Gasteiger partial charge in [0.05, 0.1) is 18.6 Å². The zero-order valence-electron chi connectivity index (χ0n) is 19.8. The Morgan fingerprint density at radius 3 is 1.55 bits per heavy atom. The minimum absolute atomic E-state index is 0.0550. The van der Waals surface area contributed by atoms with Crippen LogP contribution in [-0.4, -0.2) is 55.4 Å². The first kappa shape index (κ1) is 34.0. The van der Waals surface area contributed by atoms with Crippen molar-refractivity contribution in [2.75, 3.05) is 13.7 Å². The van der Waals surface area contributed by atoms with E-state index in [9.17, 15) is 65.9 Å². The Hall–Kier alpha value is -2.07. The molecule has 0 fully saturated rings. The van der Waals surface area contributed by atoms with Gasteiger partial charge in [-0.25, -0.2) is 0 Å². The smallest absolute Gasteiger partial charge is 0.460 e. The molecule has 1 rings (SSSR count). The Morgan fingerprint density at radius 2 is 1.13 bits per heavy atom. The highest BCUT2D eigenvalue weighted by Crippen LogP contribution is 2.63. The van der Waals surface area contributed by atoms with E-state index in [0.717, 1.165) is 18.2 Å². The SMILES string of the molecule is COC(C)(CC(F)(F)C(F)(F)C(F)(F)C(F)(F)C(F)(F)C(F)(F)C(F)(F)F)c1cccc(OCC(C)C)c1. The molecule has 1 atom stereocenters. The van der Waals surface area contributed by atoms with Crippen molar-refractivity contribution in [3.8, 4) is 5.75 Å². The molecule has 38 heavy (non-hydrogen) atoms. The summed E-state index contributed by atoms with van der Waals surface area (Å²) in [6.07, 6.45) is -10.3. The lowest BCUT2D eigenvalue weighted by Gasteiger charge is -2.43. The van der Waals surface area contributed by atoms with Crippen molar-refractivity contribution in [3.63, 3.8) is 0 Å². The summed E-state index contributed by atoms with van der Waals surface area (Å²) in [6.45, 7) is 4.05. The fraction of sp³-hybridized carbons (Fsp3) is 0.714. The van der Waals surface area contributed by atoms with Crippen LogP contribution in [0.5, 0.6) is 5.75 Å². The van der Waals surface area contributed by atoms with Gasteiger partial charge in [-0.2, -0.15) is 65.9 Å². The fourth-order valence-corrected chi connectivity index (χ4v) is 3.00. The van der Waals surface area contributed by atoms with Gasteiger partial charge in [0, 0.05) is 7.11 Å². The number of alkyl halides is 15. The van der Waals surface area contributed by atoms with Crippen molar-refractivity contribution in [2.24, 2.45) is 5.92 Å². The topological polar surface area (TPSA) is 18.5 Å². The number of ether oxygens (including phenoxy) is 2. The van der Waals surface area contributed by atoms with E-state index in [1.54, 1.807) is 13.8 Å². The summed E-state index contributed by atoms with van der Waals surface area (Å²) in [5.41, 5.74) is -3.24. The number of hydrogen-bond donors (Lipinski definition) is 0. The summed E-state index contributed by atoms with van der Waals surface area (Å²) >= 11 is 0. The molecule has 0 heterocycles. The first-order valence-electron chi connectivity index (χ1n) is 10.3. The van der Waals surface area contributed by atoms with E-state index in [4.69, 9.17) is 4.74 Å². The zero-order chi connectivity index (χ0) is 30.4. The third kappa shape index (κ3) is 5.48. The van der Waals surface area contributed by atoms with E-state index in [1.165, 1.54) is 6.07 Å². The molecule has 0 saturated carbocycles. The predicted octanol–water partition coefficient (Wildman–Crippen LogP) is 8.35. The molecule has 0 spiro atoms. The van der Waals surface area contributed by atoms with Gasteiger partial charge in [-0.15, -0.1) is 0 Å². The maximum atomic E-state index is 14.5. The van der Waals surface area contributed by atoms with Crippen molar-refractivity contribution >= 4 is 0 Å². The van der Waals surface area contributed by atoms with Crippen LogP contribution in [-0.2, 0) is 10.3 Å². The molecule has 1 aromatic rings. The normalized spacial score (nSPS) is 16.5. The summed E-state index contributed by atoms with van der Waals surface area (Å²) in [7, 11) is 0.598. The van der Waals surface area contributed by atoms with Gasteiger partial charge < -0.3 is 9.47 Å².